The van der Waals surface area contributed by atoms with Crippen LogP contribution in [0.2, 0.25) is 10.2 Å². The van der Waals surface area contributed by atoms with Crippen LogP contribution in [0.3, 0.4) is 0 Å². The minimum Gasteiger partial charge on any atom is -0.438 e. The van der Waals surface area contributed by atoms with E-state index in [9.17, 15) is 0 Å². The Morgan fingerprint density at radius 2 is 1.80 bits per heavy atom. The zero-order valence-corrected chi connectivity index (χ0v) is 12.3. The van der Waals surface area contributed by atoms with Gasteiger partial charge in [-0.3, -0.25) is 0 Å². The van der Waals surface area contributed by atoms with Gasteiger partial charge in [-0.05, 0) is 37.1 Å². The Hall–Kier alpha value is -1.85. The van der Waals surface area contributed by atoms with Gasteiger partial charge in [-0.2, -0.15) is 19.6 Å². The van der Waals surface area contributed by atoms with Crippen LogP contribution in [0.5, 0.6) is 11.6 Å². The standard InChI is InChI=1S/C13H10Cl2N4O/c1-7-3-9(14)4-8(2)12(7)20-11-5-10(15)18-13-16-6-17-19(11)13/h3-6H,1-2H3. The molecule has 3 aromatic rings. The fourth-order valence-electron chi connectivity index (χ4n) is 1.99. The number of hydrogen-bond donors (Lipinski definition) is 0. The molecular weight excluding hydrogens is 299 g/mol. The van der Waals surface area contributed by atoms with Crippen molar-refractivity contribution in [2.45, 2.75) is 13.8 Å². The Bertz CT molecular complexity index is 777. The number of benzene rings is 1. The highest BCUT2D eigenvalue weighted by atomic mass is 35.5. The van der Waals surface area contributed by atoms with Crippen LogP contribution in [0.25, 0.3) is 5.78 Å². The van der Waals surface area contributed by atoms with Crippen LogP contribution in [0, 0.1) is 13.8 Å². The molecule has 0 bridgehead atoms. The van der Waals surface area contributed by atoms with E-state index in [1.165, 1.54) is 10.8 Å². The predicted octanol–water partition coefficient (Wildman–Crippen LogP) is 3.84. The van der Waals surface area contributed by atoms with Gasteiger partial charge in [-0.1, -0.05) is 23.2 Å². The highest BCUT2D eigenvalue weighted by molar-refractivity contribution is 6.30. The number of ether oxygens (including phenoxy) is 1. The van der Waals surface area contributed by atoms with Crippen molar-refractivity contribution in [2.24, 2.45) is 0 Å². The van der Waals surface area contributed by atoms with Crippen LogP contribution in [0.15, 0.2) is 24.5 Å². The van der Waals surface area contributed by atoms with Gasteiger partial charge in [-0.15, -0.1) is 0 Å². The molecule has 0 amide bonds. The van der Waals surface area contributed by atoms with Crippen molar-refractivity contribution < 1.29 is 4.74 Å². The molecule has 2 aromatic heterocycles. The second-order valence-electron chi connectivity index (χ2n) is 4.36. The third kappa shape index (κ3) is 2.30. The zero-order chi connectivity index (χ0) is 14.3. The first-order valence-electron chi connectivity index (χ1n) is 5.85. The van der Waals surface area contributed by atoms with Crippen molar-refractivity contribution in [1.82, 2.24) is 19.6 Å². The van der Waals surface area contributed by atoms with Crippen LogP contribution in [-0.4, -0.2) is 19.6 Å². The van der Waals surface area contributed by atoms with Crippen LogP contribution in [0.1, 0.15) is 11.1 Å². The third-order valence-electron chi connectivity index (χ3n) is 2.82. The summed E-state index contributed by atoms with van der Waals surface area (Å²) in [7, 11) is 0. The lowest BCUT2D eigenvalue weighted by Crippen LogP contribution is -2.00. The van der Waals surface area contributed by atoms with E-state index >= 15 is 0 Å². The lowest BCUT2D eigenvalue weighted by atomic mass is 10.1. The highest BCUT2D eigenvalue weighted by Crippen LogP contribution is 2.31. The maximum Gasteiger partial charge on any atom is 0.256 e. The minimum atomic E-state index is 0.296. The number of halogens is 2. The molecule has 0 spiro atoms. The molecule has 0 atom stereocenters. The summed E-state index contributed by atoms with van der Waals surface area (Å²) < 4.78 is 7.41. The quantitative estimate of drug-likeness (QED) is 0.675. The maximum atomic E-state index is 6.01. The van der Waals surface area contributed by atoms with Crippen LogP contribution in [0.4, 0.5) is 0 Å². The van der Waals surface area contributed by atoms with Crippen LogP contribution in [-0.2, 0) is 0 Å². The van der Waals surface area contributed by atoms with Gasteiger partial charge in [-0.25, -0.2) is 0 Å². The number of aromatic nitrogens is 4. The first kappa shape index (κ1) is 13.1. The van der Waals surface area contributed by atoms with E-state index in [0.29, 0.717) is 27.6 Å². The summed E-state index contributed by atoms with van der Waals surface area (Å²) in [5.74, 6) is 1.55. The van der Waals surface area contributed by atoms with Gasteiger partial charge in [0, 0.05) is 11.1 Å². The molecule has 102 valence electrons. The highest BCUT2D eigenvalue weighted by Gasteiger charge is 2.12. The molecule has 0 aliphatic carbocycles. The summed E-state index contributed by atoms with van der Waals surface area (Å²) in [6.45, 7) is 3.85. The van der Waals surface area contributed by atoms with Crippen LogP contribution < -0.4 is 4.74 Å². The summed E-state index contributed by atoms with van der Waals surface area (Å²) in [4.78, 5) is 8.05. The molecule has 0 fully saturated rings. The molecule has 0 N–H and O–H groups in total. The first-order chi connectivity index (χ1) is 9.54. The van der Waals surface area contributed by atoms with Crippen molar-refractivity contribution in [3.05, 3.63) is 45.8 Å². The molecule has 2 heterocycles. The summed E-state index contributed by atoms with van der Waals surface area (Å²) in [5.41, 5.74) is 1.85. The van der Waals surface area contributed by atoms with Crippen molar-refractivity contribution in [3.8, 4) is 11.6 Å². The van der Waals surface area contributed by atoms with E-state index in [4.69, 9.17) is 27.9 Å². The van der Waals surface area contributed by atoms with Gasteiger partial charge in [0.05, 0.1) is 0 Å². The summed E-state index contributed by atoms with van der Waals surface area (Å²) in [5, 5.41) is 5.03. The van der Waals surface area contributed by atoms with Crippen LogP contribution >= 0.6 is 23.2 Å². The first-order valence-corrected chi connectivity index (χ1v) is 6.61. The number of hydrogen-bond acceptors (Lipinski definition) is 4. The van der Waals surface area contributed by atoms with Gasteiger partial charge >= 0.3 is 0 Å². The lowest BCUT2D eigenvalue weighted by molar-refractivity contribution is 0.440. The smallest absolute Gasteiger partial charge is 0.256 e. The molecular formula is C13H10Cl2N4O. The number of fused-ring (bicyclic) bond motifs is 1. The maximum absolute atomic E-state index is 6.01. The fourth-order valence-corrected chi connectivity index (χ4v) is 2.49. The molecule has 0 unspecified atom stereocenters. The van der Waals surface area contributed by atoms with Crippen molar-refractivity contribution in [1.29, 1.82) is 0 Å². The Morgan fingerprint density at radius 1 is 1.10 bits per heavy atom. The molecule has 0 saturated heterocycles. The number of rotatable bonds is 2. The number of nitrogens with zero attached hydrogens (tertiary/aromatic N) is 4. The Kier molecular flexibility index (Phi) is 3.23. The summed E-state index contributed by atoms with van der Waals surface area (Å²) >= 11 is 12.0. The minimum absolute atomic E-state index is 0.296. The van der Waals surface area contributed by atoms with E-state index in [-0.39, 0.29) is 0 Å². The molecule has 5 nitrogen and oxygen atoms in total. The largest absolute Gasteiger partial charge is 0.438 e. The SMILES string of the molecule is Cc1cc(Cl)cc(C)c1Oc1cc(Cl)nc2ncnn12. The molecule has 0 saturated carbocycles. The van der Waals surface area contributed by atoms with E-state index in [1.807, 2.05) is 26.0 Å². The van der Waals surface area contributed by atoms with E-state index in [2.05, 4.69) is 15.1 Å². The molecule has 1 aromatic carbocycles. The second kappa shape index (κ2) is 4.92. The van der Waals surface area contributed by atoms with Gasteiger partial charge in [0.15, 0.2) is 0 Å². The molecule has 0 radical (unpaired) electrons. The van der Waals surface area contributed by atoms with Gasteiger partial charge in [0.1, 0.15) is 17.2 Å². The second-order valence-corrected chi connectivity index (χ2v) is 5.18. The predicted molar refractivity (Wildman–Crippen MR) is 76.8 cm³/mol. The monoisotopic (exact) mass is 308 g/mol. The topological polar surface area (TPSA) is 52.3 Å². The molecule has 3 rings (SSSR count). The molecule has 7 heteroatoms. The average molecular weight is 309 g/mol. The van der Waals surface area contributed by atoms with Crippen molar-refractivity contribution in [3.63, 3.8) is 0 Å². The third-order valence-corrected chi connectivity index (χ3v) is 3.23. The van der Waals surface area contributed by atoms with Gasteiger partial charge in [0.25, 0.3) is 5.78 Å². The average Bonchev–Trinajstić information content (AvgIpc) is 2.81. The molecule has 0 aliphatic heterocycles. The zero-order valence-electron chi connectivity index (χ0n) is 10.8. The molecule has 20 heavy (non-hydrogen) atoms. The van der Waals surface area contributed by atoms with Crippen molar-refractivity contribution >= 4 is 29.0 Å². The normalized spacial score (nSPS) is 11.0. The van der Waals surface area contributed by atoms with E-state index in [0.717, 1.165) is 11.1 Å². The lowest BCUT2D eigenvalue weighted by Gasteiger charge is -2.12. The summed E-state index contributed by atoms with van der Waals surface area (Å²) in [6.07, 6.45) is 1.40. The Balaban J connectivity index is 2.12. The van der Waals surface area contributed by atoms with Gasteiger partial charge in [0.2, 0.25) is 5.88 Å². The Labute approximate surface area is 125 Å². The van der Waals surface area contributed by atoms with Gasteiger partial charge < -0.3 is 4.74 Å². The van der Waals surface area contributed by atoms with Crippen molar-refractivity contribution in [2.75, 3.05) is 0 Å². The molecule has 0 aliphatic rings. The van der Waals surface area contributed by atoms with E-state index < -0.39 is 0 Å². The Morgan fingerprint density at radius 3 is 2.50 bits per heavy atom. The number of aryl methyl sites for hydroxylation is 2. The summed E-state index contributed by atoms with van der Waals surface area (Å²) in [6, 6.07) is 5.27. The fraction of sp³-hybridized carbons (Fsp3) is 0.154. The van der Waals surface area contributed by atoms with E-state index in [1.54, 1.807) is 6.07 Å².